The highest BCUT2D eigenvalue weighted by molar-refractivity contribution is 6.31. The summed E-state index contributed by atoms with van der Waals surface area (Å²) in [5.74, 6) is -0.633. The molecule has 1 aromatic rings. The van der Waals surface area contributed by atoms with Crippen molar-refractivity contribution in [1.82, 2.24) is 4.90 Å². The normalized spacial score (nSPS) is 10.5. The van der Waals surface area contributed by atoms with Crippen molar-refractivity contribution in [3.63, 3.8) is 0 Å². The Bertz CT molecular complexity index is 448. The summed E-state index contributed by atoms with van der Waals surface area (Å²) >= 11 is 6.04. The number of hydrogen-bond donors (Lipinski definition) is 0. The highest BCUT2D eigenvalue weighted by Gasteiger charge is 2.13. The van der Waals surface area contributed by atoms with Crippen molar-refractivity contribution in [2.24, 2.45) is 0 Å². The zero-order valence-electron chi connectivity index (χ0n) is 11.2. The van der Waals surface area contributed by atoms with Crippen molar-refractivity contribution < 1.29 is 14.3 Å². The van der Waals surface area contributed by atoms with Gasteiger partial charge >= 0.3 is 5.97 Å². The maximum atomic E-state index is 11.6. The van der Waals surface area contributed by atoms with E-state index in [1.807, 2.05) is 36.2 Å². The molecular formula is C14H18ClNO3. The molecule has 0 radical (unpaired) electrons. The topological polar surface area (TPSA) is 46.6 Å². The van der Waals surface area contributed by atoms with Crippen LogP contribution in [0.5, 0.6) is 0 Å². The van der Waals surface area contributed by atoms with Gasteiger partial charge in [0.1, 0.15) is 6.42 Å². The molecule has 0 atom stereocenters. The third-order valence-electron chi connectivity index (χ3n) is 2.49. The number of Topliss-reactive ketones (excluding diaryl/α,β-unsaturated/α-hetero) is 1. The van der Waals surface area contributed by atoms with Gasteiger partial charge in [-0.1, -0.05) is 29.8 Å². The first kappa shape index (κ1) is 15.7. The number of halogens is 1. The molecule has 0 heterocycles. The van der Waals surface area contributed by atoms with Gasteiger partial charge in [0.15, 0.2) is 5.78 Å². The summed E-state index contributed by atoms with van der Waals surface area (Å²) in [4.78, 5) is 24.6. The quantitative estimate of drug-likeness (QED) is 0.569. The molecule has 104 valence electrons. The van der Waals surface area contributed by atoms with Gasteiger partial charge in [0.2, 0.25) is 0 Å². The molecule has 0 fully saturated rings. The number of ether oxygens (including phenoxy) is 1. The number of ketones is 1. The smallest absolute Gasteiger partial charge is 0.313 e. The largest absolute Gasteiger partial charge is 0.466 e. The van der Waals surface area contributed by atoms with E-state index >= 15 is 0 Å². The van der Waals surface area contributed by atoms with Gasteiger partial charge < -0.3 is 4.74 Å². The summed E-state index contributed by atoms with van der Waals surface area (Å²) in [6.07, 6.45) is -0.180. The molecule has 0 aliphatic heterocycles. The van der Waals surface area contributed by atoms with Crippen LogP contribution in [0.25, 0.3) is 0 Å². The minimum Gasteiger partial charge on any atom is -0.466 e. The number of nitrogens with zero attached hydrogens (tertiary/aromatic N) is 1. The highest BCUT2D eigenvalue weighted by Crippen LogP contribution is 2.16. The van der Waals surface area contributed by atoms with Crippen LogP contribution in [0, 0.1) is 0 Å². The molecule has 0 unspecified atom stereocenters. The second kappa shape index (κ2) is 7.92. The van der Waals surface area contributed by atoms with Gasteiger partial charge in [-0.05, 0) is 25.6 Å². The van der Waals surface area contributed by atoms with Crippen LogP contribution in [-0.4, -0.2) is 36.9 Å². The molecule has 0 spiro atoms. The van der Waals surface area contributed by atoms with Crippen molar-refractivity contribution in [3.8, 4) is 0 Å². The maximum absolute atomic E-state index is 11.6. The molecule has 19 heavy (non-hydrogen) atoms. The van der Waals surface area contributed by atoms with E-state index in [4.69, 9.17) is 16.3 Å². The molecule has 4 nitrogen and oxygen atoms in total. The number of likely N-dealkylation sites (N-methyl/N-ethyl adjacent to an activating group) is 1. The standard InChI is InChI=1S/C14H18ClNO3/c1-3-19-14(18)8-12(17)10-16(2)9-11-6-4-5-7-13(11)15/h4-7H,3,8-10H2,1-2H3. The second-order valence-electron chi connectivity index (χ2n) is 4.28. The summed E-state index contributed by atoms with van der Waals surface area (Å²) in [6, 6.07) is 7.48. The predicted molar refractivity (Wildman–Crippen MR) is 74.0 cm³/mol. The lowest BCUT2D eigenvalue weighted by Crippen LogP contribution is -2.27. The fourth-order valence-electron chi connectivity index (χ4n) is 1.70. The molecule has 0 N–H and O–H groups in total. The van der Waals surface area contributed by atoms with E-state index in [1.54, 1.807) is 6.92 Å². The Labute approximate surface area is 118 Å². The first-order valence-corrected chi connectivity index (χ1v) is 6.50. The first-order valence-electron chi connectivity index (χ1n) is 6.12. The number of benzene rings is 1. The number of rotatable bonds is 7. The van der Waals surface area contributed by atoms with E-state index in [0.29, 0.717) is 18.2 Å². The summed E-state index contributed by atoms with van der Waals surface area (Å²) in [5, 5.41) is 0.673. The third-order valence-corrected chi connectivity index (χ3v) is 2.86. The van der Waals surface area contributed by atoms with Crippen LogP contribution in [0.1, 0.15) is 18.9 Å². The minimum atomic E-state index is -0.473. The molecule has 0 bridgehead atoms. The van der Waals surface area contributed by atoms with Gasteiger partial charge in [-0.2, -0.15) is 0 Å². The molecular weight excluding hydrogens is 266 g/mol. The molecule has 0 saturated heterocycles. The van der Waals surface area contributed by atoms with Crippen LogP contribution in [0.15, 0.2) is 24.3 Å². The Kier molecular flexibility index (Phi) is 6.53. The van der Waals surface area contributed by atoms with Gasteiger partial charge in [0, 0.05) is 11.6 Å². The number of esters is 1. The molecule has 5 heteroatoms. The molecule has 0 aromatic heterocycles. The Hall–Kier alpha value is -1.39. The molecule has 0 amide bonds. The fraction of sp³-hybridized carbons (Fsp3) is 0.429. The van der Waals surface area contributed by atoms with Crippen LogP contribution < -0.4 is 0 Å². The van der Waals surface area contributed by atoms with E-state index in [-0.39, 0.29) is 18.7 Å². The zero-order valence-corrected chi connectivity index (χ0v) is 11.9. The SMILES string of the molecule is CCOC(=O)CC(=O)CN(C)Cc1ccccc1Cl. The Morgan fingerprint density at radius 2 is 2.00 bits per heavy atom. The van der Waals surface area contributed by atoms with Gasteiger partial charge in [-0.3, -0.25) is 14.5 Å². The average Bonchev–Trinajstić information content (AvgIpc) is 2.31. The Balaban J connectivity index is 2.43. The molecule has 0 aliphatic rings. The van der Waals surface area contributed by atoms with E-state index in [2.05, 4.69) is 0 Å². The van der Waals surface area contributed by atoms with E-state index < -0.39 is 5.97 Å². The molecule has 0 saturated carbocycles. The van der Waals surface area contributed by atoms with Gasteiger partial charge in [-0.15, -0.1) is 0 Å². The lowest BCUT2D eigenvalue weighted by atomic mass is 10.2. The lowest BCUT2D eigenvalue weighted by molar-refractivity contribution is -0.145. The summed E-state index contributed by atoms with van der Waals surface area (Å²) in [7, 11) is 1.81. The van der Waals surface area contributed by atoms with Crippen molar-refractivity contribution in [3.05, 3.63) is 34.9 Å². The van der Waals surface area contributed by atoms with Crippen LogP contribution >= 0.6 is 11.6 Å². The zero-order chi connectivity index (χ0) is 14.3. The molecule has 1 aromatic carbocycles. The summed E-state index contributed by atoms with van der Waals surface area (Å²) < 4.78 is 4.73. The average molecular weight is 284 g/mol. The highest BCUT2D eigenvalue weighted by atomic mass is 35.5. The van der Waals surface area contributed by atoms with Gasteiger partial charge in [0.05, 0.1) is 13.2 Å². The first-order chi connectivity index (χ1) is 9.02. The van der Waals surface area contributed by atoms with E-state index in [9.17, 15) is 9.59 Å². The van der Waals surface area contributed by atoms with Crippen molar-refractivity contribution in [1.29, 1.82) is 0 Å². The fourth-order valence-corrected chi connectivity index (χ4v) is 1.90. The predicted octanol–water partition coefficient (Wildman–Crippen LogP) is 2.29. The minimum absolute atomic E-state index is 0.159. The van der Waals surface area contributed by atoms with Gasteiger partial charge in [0.25, 0.3) is 0 Å². The summed E-state index contributed by atoms with van der Waals surface area (Å²) in [5.41, 5.74) is 0.954. The molecule has 1 rings (SSSR count). The second-order valence-corrected chi connectivity index (χ2v) is 4.69. The van der Waals surface area contributed by atoms with Crippen molar-refractivity contribution in [2.75, 3.05) is 20.2 Å². The van der Waals surface area contributed by atoms with Crippen LogP contribution in [-0.2, 0) is 20.9 Å². The summed E-state index contributed by atoms with van der Waals surface area (Å²) in [6.45, 7) is 2.77. The van der Waals surface area contributed by atoms with E-state index in [1.165, 1.54) is 0 Å². The lowest BCUT2D eigenvalue weighted by Gasteiger charge is -2.16. The molecule has 0 aliphatic carbocycles. The maximum Gasteiger partial charge on any atom is 0.313 e. The van der Waals surface area contributed by atoms with Crippen LogP contribution in [0.3, 0.4) is 0 Å². The van der Waals surface area contributed by atoms with E-state index in [0.717, 1.165) is 5.56 Å². The number of carbonyl (C=O) groups is 2. The van der Waals surface area contributed by atoms with Crippen molar-refractivity contribution in [2.45, 2.75) is 19.9 Å². The van der Waals surface area contributed by atoms with Gasteiger partial charge in [-0.25, -0.2) is 0 Å². The Morgan fingerprint density at radius 3 is 2.63 bits per heavy atom. The monoisotopic (exact) mass is 283 g/mol. The van der Waals surface area contributed by atoms with Crippen LogP contribution in [0.4, 0.5) is 0 Å². The number of hydrogen-bond acceptors (Lipinski definition) is 4. The number of carbonyl (C=O) groups excluding carboxylic acids is 2. The van der Waals surface area contributed by atoms with Crippen molar-refractivity contribution >= 4 is 23.4 Å². The third kappa shape index (κ3) is 5.85. The van der Waals surface area contributed by atoms with Crippen LogP contribution in [0.2, 0.25) is 5.02 Å². The Morgan fingerprint density at radius 1 is 1.32 bits per heavy atom.